The third-order valence-electron chi connectivity index (χ3n) is 2.99. The van der Waals surface area contributed by atoms with Crippen molar-refractivity contribution in [2.75, 3.05) is 0 Å². The van der Waals surface area contributed by atoms with Crippen LogP contribution in [0.1, 0.15) is 40.5 Å². The lowest BCUT2D eigenvalue weighted by molar-refractivity contribution is -0.124. The van der Waals surface area contributed by atoms with Crippen LogP contribution in [-0.4, -0.2) is 18.0 Å². The summed E-state index contributed by atoms with van der Waals surface area (Å²) in [6, 6.07) is -0.0125. The second kappa shape index (κ2) is 3.89. The third-order valence-corrected chi connectivity index (χ3v) is 2.99. The van der Waals surface area contributed by atoms with Crippen LogP contribution in [0, 0.1) is 11.3 Å². The van der Waals surface area contributed by atoms with Crippen LogP contribution >= 0.6 is 0 Å². The largest absolute Gasteiger partial charge is 0.352 e. The van der Waals surface area contributed by atoms with E-state index < -0.39 is 6.04 Å². The quantitative estimate of drug-likeness (QED) is 0.717. The highest BCUT2D eigenvalue weighted by atomic mass is 16.2. The molecule has 1 fully saturated rings. The second-order valence-corrected chi connectivity index (χ2v) is 5.36. The van der Waals surface area contributed by atoms with Gasteiger partial charge in [0.25, 0.3) is 0 Å². The topological polar surface area (TPSA) is 55.1 Å². The van der Waals surface area contributed by atoms with E-state index in [0.717, 1.165) is 12.8 Å². The molecule has 3 nitrogen and oxygen atoms in total. The lowest BCUT2D eigenvalue weighted by Crippen LogP contribution is -2.49. The molecule has 1 aliphatic rings. The van der Waals surface area contributed by atoms with Crippen molar-refractivity contribution in [3.63, 3.8) is 0 Å². The Morgan fingerprint density at radius 1 is 1.57 bits per heavy atom. The molecule has 1 saturated carbocycles. The Morgan fingerprint density at radius 2 is 2.14 bits per heavy atom. The Hall–Kier alpha value is -0.570. The van der Waals surface area contributed by atoms with Crippen molar-refractivity contribution in [3.05, 3.63) is 0 Å². The maximum atomic E-state index is 11.7. The Balaban J connectivity index is 2.36. The highest BCUT2D eigenvalue weighted by Crippen LogP contribution is 2.33. The summed E-state index contributed by atoms with van der Waals surface area (Å²) < 4.78 is 0. The van der Waals surface area contributed by atoms with Gasteiger partial charge >= 0.3 is 0 Å². The summed E-state index contributed by atoms with van der Waals surface area (Å²) in [5.74, 6) is 0.685. The van der Waals surface area contributed by atoms with E-state index in [1.807, 2.05) is 20.8 Å². The normalized spacial score (nSPS) is 28.4. The van der Waals surface area contributed by atoms with Crippen molar-refractivity contribution in [1.82, 2.24) is 5.32 Å². The van der Waals surface area contributed by atoms with Crippen LogP contribution in [0.25, 0.3) is 0 Å². The molecule has 0 heterocycles. The van der Waals surface area contributed by atoms with Crippen LogP contribution < -0.4 is 11.1 Å². The number of rotatable bonds is 3. The molecule has 0 radical (unpaired) electrons. The Bertz CT molecular complexity index is 220. The van der Waals surface area contributed by atoms with Crippen LogP contribution in [-0.2, 0) is 4.79 Å². The first-order valence-electron chi connectivity index (χ1n) is 5.42. The van der Waals surface area contributed by atoms with Crippen molar-refractivity contribution < 1.29 is 4.79 Å². The van der Waals surface area contributed by atoms with Crippen molar-refractivity contribution in [2.24, 2.45) is 17.1 Å². The molecule has 0 bridgehead atoms. The molecular weight excluding hydrogens is 176 g/mol. The van der Waals surface area contributed by atoms with Gasteiger partial charge in [-0.1, -0.05) is 34.1 Å². The molecule has 0 aromatic heterocycles. The van der Waals surface area contributed by atoms with Gasteiger partial charge in [-0.3, -0.25) is 4.79 Å². The zero-order valence-corrected chi connectivity index (χ0v) is 9.63. The Morgan fingerprint density at radius 3 is 2.50 bits per heavy atom. The van der Waals surface area contributed by atoms with Gasteiger partial charge in [-0.2, -0.15) is 0 Å². The third kappa shape index (κ3) is 2.71. The zero-order valence-electron chi connectivity index (χ0n) is 9.63. The van der Waals surface area contributed by atoms with E-state index in [1.54, 1.807) is 0 Å². The van der Waals surface area contributed by atoms with Crippen LogP contribution in [0.3, 0.4) is 0 Å². The van der Waals surface area contributed by atoms with E-state index in [-0.39, 0.29) is 11.3 Å². The molecule has 1 aliphatic carbocycles. The molecule has 3 N–H and O–H groups in total. The van der Waals surface area contributed by atoms with E-state index in [4.69, 9.17) is 5.73 Å². The number of hydrogen-bond donors (Lipinski definition) is 2. The highest BCUT2D eigenvalue weighted by molar-refractivity contribution is 5.82. The lowest BCUT2D eigenvalue weighted by atomic mass is 9.87. The minimum atomic E-state index is -0.402. The lowest BCUT2D eigenvalue weighted by Gasteiger charge is -2.25. The van der Waals surface area contributed by atoms with Crippen molar-refractivity contribution in [1.29, 1.82) is 0 Å². The van der Waals surface area contributed by atoms with Crippen LogP contribution in [0.5, 0.6) is 0 Å². The summed E-state index contributed by atoms with van der Waals surface area (Å²) in [6.45, 7) is 8.12. The average molecular weight is 198 g/mol. The maximum absolute atomic E-state index is 11.7. The van der Waals surface area contributed by atoms with Crippen molar-refractivity contribution >= 4 is 5.91 Å². The van der Waals surface area contributed by atoms with Crippen LogP contribution in [0.4, 0.5) is 0 Å². The van der Waals surface area contributed by atoms with Gasteiger partial charge in [0.05, 0.1) is 6.04 Å². The first-order valence-corrected chi connectivity index (χ1v) is 5.42. The summed E-state index contributed by atoms with van der Waals surface area (Å²) in [4.78, 5) is 11.7. The number of carbonyl (C=O) groups is 1. The predicted octanol–water partition coefficient (Wildman–Crippen LogP) is 1.27. The SMILES string of the molecule is CCC1CC1NC(=O)[C@@H](N)C(C)(C)C. The number of carbonyl (C=O) groups excluding carboxylic acids is 1. The van der Waals surface area contributed by atoms with Gasteiger partial charge in [0.15, 0.2) is 0 Å². The van der Waals surface area contributed by atoms with Gasteiger partial charge in [0, 0.05) is 6.04 Å². The highest BCUT2D eigenvalue weighted by Gasteiger charge is 2.38. The summed E-state index contributed by atoms with van der Waals surface area (Å²) >= 11 is 0. The molecule has 3 heteroatoms. The minimum absolute atomic E-state index is 0.00144. The summed E-state index contributed by atoms with van der Waals surface area (Å²) in [7, 11) is 0. The van der Waals surface area contributed by atoms with Crippen molar-refractivity contribution in [3.8, 4) is 0 Å². The first-order chi connectivity index (χ1) is 6.36. The zero-order chi connectivity index (χ0) is 10.9. The smallest absolute Gasteiger partial charge is 0.237 e. The monoisotopic (exact) mass is 198 g/mol. The van der Waals surface area contributed by atoms with E-state index >= 15 is 0 Å². The molecule has 0 aromatic carbocycles. The molecule has 0 saturated heterocycles. The molecule has 3 atom stereocenters. The molecule has 2 unspecified atom stereocenters. The van der Waals surface area contributed by atoms with Gasteiger partial charge < -0.3 is 11.1 Å². The van der Waals surface area contributed by atoms with E-state index in [2.05, 4.69) is 12.2 Å². The average Bonchev–Trinajstić information content (AvgIpc) is 2.80. The van der Waals surface area contributed by atoms with Crippen molar-refractivity contribution in [2.45, 2.75) is 52.6 Å². The molecule has 0 spiro atoms. The molecule has 1 amide bonds. The van der Waals surface area contributed by atoms with Crippen LogP contribution in [0.15, 0.2) is 0 Å². The van der Waals surface area contributed by atoms with Gasteiger partial charge in [0.2, 0.25) is 5.91 Å². The number of nitrogens with two attached hydrogens (primary N) is 1. The van der Waals surface area contributed by atoms with Gasteiger partial charge in [-0.05, 0) is 17.8 Å². The summed E-state index contributed by atoms with van der Waals surface area (Å²) in [5, 5.41) is 3.00. The summed E-state index contributed by atoms with van der Waals surface area (Å²) in [5.41, 5.74) is 5.69. The number of nitrogens with one attached hydrogen (secondary N) is 1. The molecule has 0 aliphatic heterocycles. The van der Waals surface area contributed by atoms with Gasteiger partial charge in [-0.15, -0.1) is 0 Å². The Kier molecular flexibility index (Phi) is 3.20. The Labute approximate surface area is 86.4 Å². The number of amides is 1. The number of hydrogen-bond acceptors (Lipinski definition) is 2. The molecule has 82 valence electrons. The first kappa shape index (κ1) is 11.5. The fourth-order valence-corrected chi connectivity index (χ4v) is 1.54. The van der Waals surface area contributed by atoms with E-state index in [0.29, 0.717) is 12.0 Å². The van der Waals surface area contributed by atoms with E-state index in [9.17, 15) is 4.79 Å². The predicted molar refractivity (Wildman–Crippen MR) is 57.8 cm³/mol. The molecule has 14 heavy (non-hydrogen) atoms. The van der Waals surface area contributed by atoms with E-state index in [1.165, 1.54) is 0 Å². The minimum Gasteiger partial charge on any atom is -0.352 e. The molecular formula is C11H22N2O. The molecule has 0 aromatic rings. The van der Waals surface area contributed by atoms with Gasteiger partial charge in [0.1, 0.15) is 0 Å². The second-order valence-electron chi connectivity index (χ2n) is 5.36. The van der Waals surface area contributed by atoms with Crippen LogP contribution in [0.2, 0.25) is 0 Å². The fourth-order valence-electron chi connectivity index (χ4n) is 1.54. The fraction of sp³-hybridized carbons (Fsp3) is 0.909. The molecule has 1 rings (SSSR count). The maximum Gasteiger partial charge on any atom is 0.237 e. The van der Waals surface area contributed by atoms with Gasteiger partial charge in [-0.25, -0.2) is 0 Å². The standard InChI is InChI=1S/C11H22N2O/c1-5-7-6-8(7)13-10(14)9(12)11(2,3)4/h7-9H,5-6,12H2,1-4H3,(H,13,14)/t7?,8?,9-/m1/s1. The summed E-state index contributed by atoms with van der Waals surface area (Å²) in [6.07, 6.45) is 2.27.